The molecular weight excluding hydrogens is 412 g/mol. The Balaban J connectivity index is 1.91. The van der Waals surface area contributed by atoms with Crippen LogP contribution in [0.25, 0.3) is 0 Å². The zero-order valence-electron chi connectivity index (χ0n) is 14.4. The van der Waals surface area contributed by atoms with Gasteiger partial charge >= 0.3 is 5.69 Å². The van der Waals surface area contributed by atoms with Crippen molar-refractivity contribution >= 4 is 38.9 Å². The molecule has 1 amide bonds. The molecule has 0 radical (unpaired) electrons. The Labute approximate surface area is 165 Å². The second-order valence-electron chi connectivity index (χ2n) is 5.77. The molecule has 1 aliphatic rings. The van der Waals surface area contributed by atoms with E-state index in [1.165, 1.54) is 28.7 Å². The van der Waals surface area contributed by atoms with E-state index >= 15 is 0 Å². The summed E-state index contributed by atoms with van der Waals surface area (Å²) in [6, 6.07) is 5.06. The molecule has 1 aromatic carbocycles. The van der Waals surface area contributed by atoms with Crippen LogP contribution in [0, 0.1) is 10.1 Å². The van der Waals surface area contributed by atoms with Crippen LogP contribution in [0.3, 0.4) is 0 Å². The topological polar surface area (TPSA) is 132 Å². The molecule has 1 N–H and O–H groups in total. The SMILES string of the molecule is O=C(Nc1ccncc1[N+](=O)[O-])c1ccc(Cl)c(S(=O)(=O)N2CCOCC2)c1. The number of anilines is 1. The molecule has 1 fully saturated rings. The highest BCUT2D eigenvalue weighted by Gasteiger charge is 2.29. The van der Waals surface area contributed by atoms with Crippen LogP contribution in [0.4, 0.5) is 11.4 Å². The van der Waals surface area contributed by atoms with Crippen LogP contribution in [-0.4, -0.2) is 54.8 Å². The Morgan fingerprint density at radius 1 is 1.29 bits per heavy atom. The lowest BCUT2D eigenvalue weighted by atomic mass is 10.2. The van der Waals surface area contributed by atoms with Gasteiger partial charge in [-0.15, -0.1) is 0 Å². The van der Waals surface area contributed by atoms with Gasteiger partial charge in [-0.05, 0) is 24.3 Å². The first-order valence-corrected chi connectivity index (χ1v) is 9.89. The number of amides is 1. The quantitative estimate of drug-likeness (QED) is 0.570. The Kier molecular flexibility index (Phi) is 5.89. The van der Waals surface area contributed by atoms with Gasteiger partial charge in [0, 0.05) is 24.8 Å². The molecule has 0 aliphatic carbocycles. The van der Waals surface area contributed by atoms with Crippen LogP contribution < -0.4 is 5.32 Å². The molecule has 3 rings (SSSR count). The highest BCUT2D eigenvalue weighted by Crippen LogP contribution is 2.28. The van der Waals surface area contributed by atoms with Crippen molar-refractivity contribution in [2.75, 3.05) is 31.6 Å². The summed E-state index contributed by atoms with van der Waals surface area (Å²) >= 11 is 6.07. The summed E-state index contributed by atoms with van der Waals surface area (Å²) in [7, 11) is -3.92. The monoisotopic (exact) mass is 426 g/mol. The molecular formula is C16H15ClN4O6S. The maximum absolute atomic E-state index is 12.8. The Morgan fingerprint density at radius 2 is 2.00 bits per heavy atom. The molecule has 2 aromatic rings. The molecule has 12 heteroatoms. The van der Waals surface area contributed by atoms with Gasteiger partial charge in [0.1, 0.15) is 16.8 Å². The Hall–Kier alpha value is -2.60. The van der Waals surface area contributed by atoms with Crippen LogP contribution >= 0.6 is 11.6 Å². The number of rotatable bonds is 5. The first kappa shape index (κ1) is 20.1. The number of nitro groups is 1. The second kappa shape index (κ2) is 8.19. The van der Waals surface area contributed by atoms with Crippen LogP contribution in [0.1, 0.15) is 10.4 Å². The number of morpholine rings is 1. The average molecular weight is 427 g/mol. The van der Waals surface area contributed by atoms with Gasteiger partial charge in [0.05, 0.1) is 23.2 Å². The molecule has 10 nitrogen and oxygen atoms in total. The third-order valence-electron chi connectivity index (χ3n) is 4.03. The fourth-order valence-corrected chi connectivity index (χ4v) is 4.51. The lowest BCUT2D eigenvalue weighted by Gasteiger charge is -2.26. The second-order valence-corrected chi connectivity index (χ2v) is 8.08. The van der Waals surface area contributed by atoms with Gasteiger partial charge in [-0.25, -0.2) is 8.42 Å². The number of aromatic nitrogens is 1. The summed E-state index contributed by atoms with van der Waals surface area (Å²) in [5.74, 6) is -0.718. The predicted molar refractivity (Wildman–Crippen MR) is 99.9 cm³/mol. The summed E-state index contributed by atoms with van der Waals surface area (Å²) in [5, 5.41) is 13.4. The summed E-state index contributed by atoms with van der Waals surface area (Å²) in [5.41, 5.74) is -0.453. The van der Waals surface area contributed by atoms with Gasteiger partial charge in [-0.1, -0.05) is 11.6 Å². The van der Waals surface area contributed by atoms with Gasteiger partial charge in [-0.3, -0.25) is 19.9 Å². The third kappa shape index (κ3) is 4.12. The molecule has 0 unspecified atom stereocenters. The summed E-state index contributed by atoms with van der Waals surface area (Å²) in [6.45, 7) is 0.891. The smallest absolute Gasteiger partial charge is 0.310 e. The van der Waals surface area contributed by atoms with Crippen molar-refractivity contribution in [1.29, 1.82) is 0 Å². The van der Waals surface area contributed by atoms with Crippen molar-refractivity contribution in [3.05, 3.63) is 57.4 Å². The van der Waals surface area contributed by atoms with Crippen molar-refractivity contribution in [1.82, 2.24) is 9.29 Å². The van der Waals surface area contributed by atoms with Crippen molar-refractivity contribution < 1.29 is 22.9 Å². The van der Waals surface area contributed by atoms with E-state index in [4.69, 9.17) is 16.3 Å². The van der Waals surface area contributed by atoms with E-state index in [2.05, 4.69) is 10.3 Å². The van der Waals surface area contributed by atoms with Crippen LogP contribution in [0.5, 0.6) is 0 Å². The molecule has 0 saturated carbocycles. The molecule has 0 bridgehead atoms. The number of benzene rings is 1. The van der Waals surface area contributed by atoms with Crippen molar-refractivity contribution in [2.45, 2.75) is 4.90 Å². The molecule has 1 aliphatic heterocycles. The van der Waals surface area contributed by atoms with E-state index in [1.807, 2.05) is 0 Å². The Bertz CT molecular complexity index is 1020. The molecule has 148 valence electrons. The minimum Gasteiger partial charge on any atom is -0.379 e. The third-order valence-corrected chi connectivity index (χ3v) is 6.41. The van der Waals surface area contributed by atoms with E-state index in [0.29, 0.717) is 0 Å². The van der Waals surface area contributed by atoms with E-state index in [9.17, 15) is 23.3 Å². The number of pyridine rings is 1. The molecule has 2 heterocycles. The van der Waals surface area contributed by atoms with Gasteiger partial charge in [0.25, 0.3) is 5.91 Å². The number of nitrogens with one attached hydrogen (secondary N) is 1. The van der Waals surface area contributed by atoms with Crippen LogP contribution in [-0.2, 0) is 14.8 Å². The minimum absolute atomic E-state index is 0.0117. The summed E-state index contributed by atoms with van der Waals surface area (Å²) in [4.78, 5) is 26.3. The van der Waals surface area contributed by atoms with Gasteiger partial charge in [-0.2, -0.15) is 4.31 Å². The van der Waals surface area contributed by atoms with Crippen LogP contribution in [0.2, 0.25) is 5.02 Å². The summed E-state index contributed by atoms with van der Waals surface area (Å²) in [6.07, 6.45) is 2.30. The minimum atomic E-state index is -3.92. The molecule has 0 atom stereocenters. The highest BCUT2D eigenvalue weighted by atomic mass is 35.5. The largest absolute Gasteiger partial charge is 0.379 e. The van der Waals surface area contributed by atoms with Crippen molar-refractivity contribution in [3.8, 4) is 0 Å². The molecule has 1 aromatic heterocycles. The number of halogens is 1. The lowest BCUT2D eigenvalue weighted by Crippen LogP contribution is -2.40. The molecule has 28 heavy (non-hydrogen) atoms. The van der Waals surface area contributed by atoms with Crippen molar-refractivity contribution in [3.63, 3.8) is 0 Å². The van der Waals surface area contributed by atoms with E-state index < -0.39 is 20.9 Å². The van der Waals surface area contributed by atoms with E-state index in [-0.39, 0.29) is 53.2 Å². The first-order chi connectivity index (χ1) is 13.3. The van der Waals surface area contributed by atoms with Crippen LogP contribution in [0.15, 0.2) is 41.6 Å². The van der Waals surface area contributed by atoms with E-state index in [1.54, 1.807) is 0 Å². The number of carbonyl (C=O) groups is 1. The number of ether oxygens (including phenoxy) is 1. The number of nitrogens with zero attached hydrogens (tertiary/aromatic N) is 3. The maximum atomic E-state index is 12.8. The first-order valence-electron chi connectivity index (χ1n) is 8.08. The summed E-state index contributed by atoms with van der Waals surface area (Å²) < 4.78 is 32.1. The lowest BCUT2D eigenvalue weighted by molar-refractivity contribution is -0.384. The maximum Gasteiger partial charge on any atom is 0.310 e. The number of hydrogen-bond donors (Lipinski definition) is 1. The predicted octanol–water partition coefficient (Wildman–Crippen LogP) is 1.92. The van der Waals surface area contributed by atoms with E-state index in [0.717, 1.165) is 12.3 Å². The number of sulfonamides is 1. The zero-order valence-corrected chi connectivity index (χ0v) is 15.9. The standard InChI is InChI=1S/C16H15ClN4O6S/c17-12-2-1-11(9-15(12)28(25,26)20-5-7-27-8-6-20)16(22)19-13-3-4-18-10-14(13)21(23)24/h1-4,9-10H,5-8H2,(H,18,19,22). The highest BCUT2D eigenvalue weighted by molar-refractivity contribution is 7.89. The van der Waals surface area contributed by atoms with Gasteiger partial charge in [0.15, 0.2) is 0 Å². The molecule has 1 saturated heterocycles. The van der Waals surface area contributed by atoms with Gasteiger partial charge < -0.3 is 10.1 Å². The number of hydrogen-bond acceptors (Lipinski definition) is 7. The fourth-order valence-electron chi connectivity index (χ4n) is 2.60. The zero-order chi connectivity index (χ0) is 20.3. The normalized spacial score (nSPS) is 15.2. The van der Waals surface area contributed by atoms with Gasteiger partial charge in [0.2, 0.25) is 10.0 Å². The Morgan fingerprint density at radius 3 is 2.68 bits per heavy atom. The van der Waals surface area contributed by atoms with Crippen molar-refractivity contribution in [2.24, 2.45) is 0 Å². The fraction of sp³-hybridized carbons (Fsp3) is 0.250. The number of carbonyl (C=O) groups excluding carboxylic acids is 1. The average Bonchev–Trinajstić information content (AvgIpc) is 2.69. The molecule has 0 spiro atoms.